The normalized spacial score (nSPS) is 10.3. The molecule has 2 N–H and O–H groups in total. The summed E-state index contributed by atoms with van der Waals surface area (Å²) in [5, 5.41) is 0. The van der Waals surface area contributed by atoms with E-state index in [0.717, 1.165) is 12.3 Å². The number of nitrogens with zero attached hydrogens (tertiary/aromatic N) is 1. The molecule has 0 radical (unpaired) electrons. The molecule has 2 nitrogen and oxygen atoms in total. The second-order valence-corrected chi connectivity index (χ2v) is 3.09. The highest BCUT2D eigenvalue weighted by Gasteiger charge is 2.09. The molecule has 2 aromatic rings. The first kappa shape index (κ1) is 9.58. The molecule has 15 heavy (non-hydrogen) atoms. The maximum atomic E-state index is 13.4. The van der Waals surface area contributed by atoms with Crippen LogP contribution in [-0.2, 0) is 0 Å². The Bertz CT molecular complexity index is 498. The van der Waals surface area contributed by atoms with E-state index in [1.54, 1.807) is 0 Å². The monoisotopic (exact) mass is 206 g/mol. The van der Waals surface area contributed by atoms with Gasteiger partial charge in [-0.2, -0.15) is 0 Å². The van der Waals surface area contributed by atoms with Crippen LogP contribution in [0.15, 0.2) is 36.7 Å². The smallest absolute Gasteiger partial charge is 0.149 e. The van der Waals surface area contributed by atoms with Crippen LogP contribution < -0.4 is 5.73 Å². The Morgan fingerprint density at radius 1 is 1.00 bits per heavy atom. The van der Waals surface area contributed by atoms with Gasteiger partial charge in [0.25, 0.3) is 0 Å². The lowest BCUT2D eigenvalue weighted by Gasteiger charge is -2.04. The SMILES string of the molecule is Nc1ccc(-c2ccncc2F)c(F)c1. The molecule has 0 atom stereocenters. The van der Waals surface area contributed by atoms with Gasteiger partial charge in [0.05, 0.1) is 6.20 Å². The van der Waals surface area contributed by atoms with Crippen molar-refractivity contribution in [3.63, 3.8) is 0 Å². The maximum absolute atomic E-state index is 13.4. The Balaban J connectivity index is 2.60. The number of halogens is 2. The van der Waals surface area contributed by atoms with Gasteiger partial charge >= 0.3 is 0 Å². The quantitative estimate of drug-likeness (QED) is 0.728. The molecule has 2 rings (SSSR count). The highest BCUT2D eigenvalue weighted by Crippen LogP contribution is 2.25. The van der Waals surface area contributed by atoms with Crippen LogP contribution in [0.3, 0.4) is 0 Å². The Labute approximate surface area is 85.4 Å². The molecule has 0 bridgehead atoms. The lowest BCUT2D eigenvalue weighted by atomic mass is 10.1. The van der Waals surface area contributed by atoms with Crippen molar-refractivity contribution in [3.05, 3.63) is 48.3 Å². The van der Waals surface area contributed by atoms with E-state index in [4.69, 9.17) is 5.73 Å². The fourth-order valence-corrected chi connectivity index (χ4v) is 1.34. The summed E-state index contributed by atoms with van der Waals surface area (Å²) in [5.41, 5.74) is 6.08. The van der Waals surface area contributed by atoms with Gasteiger partial charge in [-0.15, -0.1) is 0 Å². The second kappa shape index (κ2) is 3.65. The van der Waals surface area contributed by atoms with Crippen LogP contribution in [0.1, 0.15) is 0 Å². The van der Waals surface area contributed by atoms with Gasteiger partial charge < -0.3 is 5.73 Å². The largest absolute Gasteiger partial charge is 0.399 e. The van der Waals surface area contributed by atoms with Crippen molar-refractivity contribution in [3.8, 4) is 11.1 Å². The number of aromatic nitrogens is 1. The van der Waals surface area contributed by atoms with Gasteiger partial charge in [-0.1, -0.05) is 0 Å². The molecule has 1 aromatic carbocycles. The number of rotatable bonds is 1. The number of hydrogen-bond donors (Lipinski definition) is 1. The average Bonchev–Trinajstić information content (AvgIpc) is 2.20. The van der Waals surface area contributed by atoms with Crippen LogP contribution in [0.25, 0.3) is 11.1 Å². The minimum atomic E-state index is -0.554. The zero-order chi connectivity index (χ0) is 10.8. The number of benzene rings is 1. The highest BCUT2D eigenvalue weighted by molar-refractivity contribution is 5.66. The highest BCUT2D eigenvalue weighted by atomic mass is 19.1. The molecule has 0 spiro atoms. The van der Waals surface area contributed by atoms with Gasteiger partial charge in [0, 0.05) is 23.0 Å². The molecule has 0 saturated carbocycles. The van der Waals surface area contributed by atoms with Crippen molar-refractivity contribution in [1.82, 2.24) is 4.98 Å². The van der Waals surface area contributed by atoms with Crippen molar-refractivity contribution < 1.29 is 8.78 Å². The predicted octanol–water partition coefficient (Wildman–Crippen LogP) is 2.61. The molecule has 0 fully saturated rings. The summed E-state index contributed by atoms with van der Waals surface area (Å²) < 4.78 is 26.7. The van der Waals surface area contributed by atoms with Crippen molar-refractivity contribution >= 4 is 5.69 Å². The molecule has 0 aliphatic carbocycles. The zero-order valence-corrected chi connectivity index (χ0v) is 7.74. The lowest BCUT2D eigenvalue weighted by molar-refractivity contribution is 0.613. The molecule has 4 heteroatoms. The van der Waals surface area contributed by atoms with Crippen LogP contribution in [0.2, 0.25) is 0 Å². The second-order valence-electron chi connectivity index (χ2n) is 3.09. The van der Waals surface area contributed by atoms with Gasteiger partial charge in [-0.25, -0.2) is 8.78 Å². The molecule has 0 aliphatic heterocycles. The van der Waals surface area contributed by atoms with Gasteiger partial charge in [-0.3, -0.25) is 4.98 Å². The van der Waals surface area contributed by atoms with Gasteiger partial charge in [0.15, 0.2) is 0 Å². The van der Waals surface area contributed by atoms with E-state index in [2.05, 4.69) is 4.98 Å². The molecular formula is C11H8F2N2. The molecule has 1 aromatic heterocycles. The molecule has 0 unspecified atom stereocenters. The summed E-state index contributed by atoms with van der Waals surface area (Å²) >= 11 is 0. The third kappa shape index (κ3) is 1.79. The Morgan fingerprint density at radius 3 is 2.40 bits per heavy atom. The fraction of sp³-hybridized carbons (Fsp3) is 0. The molecule has 0 saturated heterocycles. The number of nitrogens with two attached hydrogens (primary N) is 1. The van der Waals surface area contributed by atoms with Gasteiger partial charge in [0.2, 0.25) is 0 Å². The molecule has 1 heterocycles. The summed E-state index contributed by atoms with van der Waals surface area (Å²) in [4.78, 5) is 3.60. The first-order valence-electron chi connectivity index (χ1n) is 4.33. The summed E-state index contributed by atoms with van der Waals surface area (Å²) in [6.45, 7) is 0. The van der Waals surface area contributed by atoms with E-state index >= 15 is 0 Å². The van der Waals surface area contributed by atoms with E-state index in [1.165, 1.54) is 24.4 Å². The van der Waals surface area contributed by atoms with Crippen molar-refractivity contribution in [1.29, 1.82) is 0 Å². The summed E-state index contributed by atoms with van der Waals surface area (Å²) in [5.74, 6) is -1.10. The maximum Gasteiger partial charge on any atom is 0.149 e. The van der Waals surface area contributed by atoms with Crippen LogP contribution in [0.5, 0.6) is 0 Å². The van der Waals surface area contributed by atoms with E-state index in [9.17, 15) is 8.78 Å². The third-order valence-corrected chi connectivity index (χ3v) is 2.06. The molecule has 0 amide bonds. The number of pyridine rings is 1. The van der Waals surface area contributed by atoms with Crippen LogP contribution in [0.4, 0.5) is 14.5 Å². The topological polar surface area (TPSA) is 38.9 Å². The fourth-order valence-electron chi connectivity index (χ4n) is 1.34. The molecule has 76 valence electrons. The first-order chi connectivity index (χ1) is 7.18. The van der Waals surface area contributed by atoms with Crippen molar-refractivity contribution in [2.45, 2.75) is 0 Å². The van der Waals surface area contributed by atoms with Crippen molar-refractivity contribution in [2.75, 3.05) is 5.73 Å². The standard InChI is InChI=1S/C11H8F2N2/c12-10-5-7(14)1-2-8(10)9-3-4-15-6-11(9)13/h1-6H,14H2. The number of anilines is 1. The minimum Gasteiger partial charge on any atom is -0.399 e. The lowest BCUT2D eigenvalue weighted by Crippen LogP contribution is -1.92. The third-order valence-electron chi connectivity index (χ3n) is 2.06. The number of nitrogen functional groups attached to an aromatic ring is 1. The van der Waals surface area contributed by atoms with Gasteiger partial charge in [-0.05, 0) is 24.3 Å². The Hall–Kier alpha value is -1.97. The van der Waals surface area contributed by atoms with E-state index in [1.807, 2.05) is 0 Å². The van der Waals surface area contributed by atoms with Crippen LogP contribution in [0, 0.1) is 11.6 Å². The van der Waals surface area contributed by atoms with Crippen LogP contribution >= 0.6 is 0 Å². The summed E-state index contributed by atoms with van der Waals surface area (Å²) in [6.07, 6.45) is 2.46. The summed E-state index contributed by atoms with van der Waals surface area (Å²) in [7, 11) is 0. The average molecular weight is 206 g/mol. The van der Waals surface area contributed by atoms with E-state index in [-0.39, 0.29) is 11.1 Å². The molecular weight excluding hydrogens is 198 g/mol. The van der Waals surface area contributed by atoms with Crippen LogP contribution in [-0.4, -0.2) is 4.98 Å². The molecule has 0 aliphatic rings. The zero-order valence-electron chi connectivity index (χ0n) is 7.74. The van der Waals surface area contributed by atoms with Crippen molar-refractivity contribution in [2.24, 2.45) is 0 Å². The number of hydrogen-bond acceptors (Lipinski definition) is 2. The van der Waals surface area contributed by atoms with E-state index < -0.39 is 11.6 Å². The van der Waals surface area contributed by atoms with E-state index in [0.29, 0.717) is 5.69 Å². The summed E-state index contributed by atoms with van der Waals surface area (Å²) in [6, 6.07) is 5.56. The Morgan fingerprint density at radius 2 is 1.73 bits per heavy atom. The minimum absolute atomic E-state index is 0.183. The first-order valence-corrected chi connectivity index (χ1v) is 4.33. The Kier molecular flexibility index (Phi) is 2.33. The van der Waals surface area contributed by atoms with Gasteiger partial charge in [0.1, 0.15) is 11.6 Å². The predicted molar refractivity (Wildman–Crippen MR) is 54.0 cm³/mol.